The summed E-state index contributed by atoms with van der Waals surface area (Å²) >= 11 is 6.34. The van der Waals surface area contributed by atoms with Gasteiger partial charge in [0.25, 0.3) is 0 Å². The van der Waals surface area contributed by atoms with E-state index in [0.717, 1.165) is 18.0 Å². The lowest BCUT2D eigenvalue weighted by atomic mass is 9.81. The lowest BCUT2D eigenvalue weighted by molar-refractivity contribution is 0.311. The van der Waals surface area contributed by atoms with Crippen molar-refractivity contribution in [3.8, 4) is 0 Å². The minimum Gasteiger partial charge on any atom is -0.307 e. The molecule has 0 amide bonds. The maximum Gasteiger partial charge on any atom is 0.0456 e. The molecule has 1 nitrogen and oxygen atoms in total. The van der Waals surface area contributed by atoms with Gasteiger partial charge in [-0.3, -0.25) is 0 Å². The molecule has 1 saturated heterocycles. The van der Waals surface area contributed by atoms with Gasteiger partial charge in [-0.15, -0.1) is 0 Å². The second-order valence-electron chi connectivity index (χ2n) is 5.19. The van der Waals surface area contributed by atoms with Crippen LogP contribution < -0.4 is 5.32 Å². The summed E-state index contributed by atoms with van der Waals surface area (Å²) in [4.78, 5) is 0. The topological polar surface area (TPSA) is 12.0 Å². The van der Waals surface area contributed by atoms with Crippen LogP contribution in [-0.4, -0.2) is 6.54 Å². The Hall–Kier alpha value is -0.530. The third-order valence-electron chi connectivity index (χ3n) is 3.39. The second kappa shape index (κ2) is 4.77. The number of hydrogen-bond donors (Lipinski definition) is 1. The zero-order valence-electron chi connectivity index (χ0n) is 10.1. The number of benzene rings is 1. The van der Waals surface area contributed by atoms with Crippen molar-refractivity contribution >= 4 is 11.6 Å². The van der Waals surface area contributed by atoms with E-state index in [0.29, 0.717) is 5.92 Å². The van der Waals surface area contributed by atoms with Crippen molar-refractivity contribution in [1.82, 2.24) is 5.32 Å². The Morgan fingerprint density at radius 2 is 2.12 bits per heavy atom. The van der Waals surface area contributed by atoms with Gasteiger partial charge in [-0.25, -0.2) is 0 Å². The number of hydrogen-bond acceptors (Lipinski definition) is 1. The largest absolute Gasteiger partial charge is 0.307 e. The van der Waals surface area contributed by atoms with Crippen LogP contribution in [-0.2, 0) is 5.54 Å². The fourth-order valence-electron chi connectivity index (χ4n) is 2.87. The van der Waals surface area contributed by atoms with Crippen LogP contribution in [0.15, 0.2) is 24.3 Å². The smallest absolute Gasteiger partial charge is 0.0456 e. The molecule has 1 aliphatic rings. The Morgan fingerprint density at radius 1 is 1.38 bits per heavy atom. The lowest BCUT2D eigenvalue weighted by Gasteiger charge is -2.33. The highest BCUT2D eigenvalue weighted by atomic mass is 35.5. The minimum absolute atomic E-state index is 0.118. The predicted molar refractivity (Wildman–Crippen MR) is 69.8 cm³/mol. The van der Waals surface area contributed by atoms with E-state index in [2.05, 4.69) is 31.3 Å². The number of halogens is 1. The fraction of sp³-hybridized carbons (Fsp3) is 0.571. The molecule has 16 heavy (non-hydrogen) atoms. The molecule has 1 N–H and O–H groups in total. The van der Waals surface area contributed by atoms with Gasteiger partial charge < -0.3 is 5.32 Å². The molecular weight excluding hydrogens is 218 g/mol. The quantitative estimate of drug-likeness (QED) is 0.839. The van der Waals surface area contributed by atoms with E-state index in [4.69, 9.17) is 11.6 Å². The van der Waals surface area contributed by atoms with Gasteiger partial charge in [0.15, 0.2) is 0 Å². The maximum atomic E-state index is 6.34. The van der Waals surface area contributed by atoms with Crippen molar-refractivity contribution < 1.29 is 0 Å². The standard InChI is InChI=1S/C14H20ClN/c1-11(2)10-14(8-5-9-16-14)12-6-3-4-7-13(12)15/h3-4,6-7,11,16H,5,8-10H2,1-2H3. The molecule has 2 heteroatoms. The van der Waals surface area contributed by atoms with Crippen molar-refractivity contribution in [2.75, 3.05) is 6.54 Å². The monoisotopic (exact) mass is 237 g/mol. The first-order chi connectivity index (χ1) is 7.64. The molecule has 1 atom stereocenters. The Balaban J connectivity index is 2.36. The highest BCUT2D eigenvalue weighted by Gasteiger charge is 2.36. The van der Waals surface area contributed by atoms with E-state index in [1.807, 2.05) is 12.1 Å². The molecule has 1 fully saturated rings. The van der Waals surface area contributed by atoms with Crippen LogP contribution >= 0.6 is 11.6 Å². The van der Waals surface area contributed by atoms with E-state index in [9.17, 15) is 0 Å². The molecule has 0 radical (unpaired) electrons. The van der Waals surface area contributed by atoms with Crippen molar-refractivity contribution in [3.05, 3.63) is 34.9 Å². The predicted octanol–water partition coefficient (Wildman–Crippen LogP) is 3.96. The third-order valence-corrected chi connectivity index (χ3v) is 3.72. The first-order valence-electron chi connectivity index (χ1n) is 6.14. The molecule has 1 aromatic rings. The summed E-state index contributed by atoms with van der Waals surface area (Å²) in [7, 11) is 0. The molecule has 0 aromatic heterocycles. The van der Waals surface area contributed by atoms with Gasteiger partial charge in [-0.1, -0.05) is 43.6 Å². The van der Waals surface area contributed by atoms with Gasteiger partial charge in [-0.2, -0.15) is 0 Å². The summed E-state index contributed by atoms with van der Waals surface area (Å²) in [5.41, 5.74) is 1.40. The summed E-state index contributed by atoms with van der Waals surface area (Å²) in [6, 6.07) is 8.26. The summed E-state index contributed by atoms with van der Waals surface area (Å²) in [6.07, 6.45) is 3.61. The van der Waals surface area contributed by atoms with Gasteiger partial charge >= 0.3 is 0 Å². The SMILES string of the molecule is CC(C)CC1(c2ccccc2Cl)CCCN1. The Bertz CT molecular complexity index is 354. The van der Waals surface area contributed by atoms with Crippen LogP contribution in [0.2, 0.25) is 5.02 Å². The van der Waals surface area contributed by atoms with Crippen LogP contribution in [0.3, 0.4) is 0 Å². The van der Waals surface area contributed by atoms with E-state index >= 15 is 0 Å². The molecule has 1 unspecified atom stereocenters. The van der Waals surface area contributed by atoms with Crippen molar-refractivity contribution in [2.24, 2.45) is 5.92 Å². The van der Waals surface area contributed by atoms with E-state index < -0.39 is 0 Å². The first-order valence-corrected chi connectivity index (χ1v) is 6.52. The molecule has 1 aromatic carbocycles. The summed E-state index contributed by atoms with van der Waals surface area (Å²) < 4.78 is 0. The molecule has 0 spiro atoms. The fourth-order valence-corrected chi connectivity index (χ4v) is 3.18. The molecule has 2 rings (SSSR count). The second-order valence-corrected chi connectivity index (χ2v) is 5.60. The van der Waals surface area contributed by atoms with Crippen LogP contribution in [0.5, 0.6) is 0 Å². The average Bonchev–Trinajstić information content (AvgIpc) is 2.67. The normalized spacial score (nSPS) is 25.2. The summed E-state index contributed by atoms with van der Waals surface area (Å²) in [6.45, 7) is 5.66. The molecular formula is C14H20ClN. The molecule has 1 aliphatic heterocycles. The van der Waals surface area contributed by atoms with Crippen molar-refractivity contribution in [2.45, 2.75) is 38.6 Å². The zero-order chi connectivity index (χ0) is 11.6. The Morgan fingerprint density at radius 3 is 2.69 bits per heavy atom. The number of rotatable bonds is 3. The van der Waals surface area contributed by atoms with Gasteiger partial charge in [0.05, 0.1) is 0 Å². The Kier molecular flexibility index (Phi) is 3.56. The molecule has 1 heterocycles. The van der Waals surface area contributed by atoms with Gasteiger partial charge in [0, 0.05) is 10.6 Å². The lowest BCUT2D eigenvalue weighted by Crippen LogP contribution is -2.38. The molecule has 0 bridgehead atoms. The van der Waals surface area contributed by atoms with Crippen molar-refractivity contribution in [1.29, 1.82) is 0 Å². The first kappa shape index (κ1) is 11.9. The van der Waals surface area contributed by atoms with Gasteiger partial charge in [-0.05, 0) is 43.4 Å². The highest BCUT2D eigenvalue weighted by Crippen LogP contribution is 2.39. The Labute approximate surface area is 103 Å². The zero-order valence-corrected chi connectivity index (χ0v) is 10.8. The van der Waals surface area contributed by atoms with Crippen LogP contribution in [0, 0.1) is 5.92 Å². The maximum absolute atomic E-state index is 6.34. The third kappa shape index (κ3) is 2.26. The number of nitrogens with one attached hydrogen (secondary N) is 1. The van der Waals surface area contributed by atoms with E-state index in [1.54, 1.807) is 0 Å². The minimum atomic E-state index is 0.118. The average molecular weight is 238 g/mol. The molecule has 0 saturated carbocycles. The molecule has 0 aliphatic carbocycles. The van der Waals surface area contributed by atoms with E-state index in [1.165, 1.54) is 18.4 Å². The summed E-state index contributed by atoms with van der Waals surface area (Å²) in [5.74, 6) is 0.682. The van der Waals surface area contributed by atoms with Crippen molar-refractivity contribution in [3.63, 3.8) is 0 Å². The van der Waals surface area contributed by atoms with Gasteiger partial charge in [0.1, 0.15) is 0 Å². The van der Waals surface area contributed by atoms with Crippen LogP contribution in [0.4, 0.5) is 0 Å². The summed E-state index contributed by atoms with van der Waals surface area (Å²) in [5, 5.41) is 4.57. The van der Waals surface area contributed by atoms with Crippen LogP contribution in [0.1, 0.15) is 38.7 Å². The van der Waals surface area contributed by atoms with E-state index in [-0.39, 0.29) is 5.54 Å². The van der Waals surface area contributed by atoms with Crippen LogP contribution in [0.25, 0.3) is 0 Å². The van der Waals surface area contributed by atoms with Gasteiger partial charge in [0.2, 0.25) is 0 Å². The highest BCUT2D eigenvalue weighted by molar-refractivity contribution is 6.31. The molecule has 88 valence electrons.